The number of aromatic nitrogens is 2. The lowest BCUT2D eigenvalue weighted by atomic mass is 10.2. The van der Waals surface area contributed by atoms with Gasteiger partial charge in [0.15, 0.2) is 0 Å². The number of halogens is 1. The molecule has 128 valence electrons. The summed E-state index contributed by atoms with van der Waals surface area (Å²) in [5, 5.41) is 5.00. The number of rotatable bonds is 2. The van der Waals surface area contributed by atoms with Gasteiger partial charge in [0.2, 0.25) is 0 Å². The summed E-state index contributed by atoms with van der Waals surface area (Å²) in [4.78, 5) is 29.1. The lowest BCUT2D eigenvalue weighted by Crippen LogP contribution is -2.27. The van der Waals surface area contributed by atoms with E-state index in [0.29, 0.717) is 22.6 Å². The van der Waals surface area contributed by atoms with E-state index in [1.807, 2.05) is 6.92 Å². The Bertz CT molecular complexity index is 1040. The average molecular weight is 340 g/mol. The first kappa shape index (κ1) is 16.6. The van der Waals surface area contributed by atoms with Crippen molar-refractivity contribution in [1.29, 1.82) is 0 Å². The Morgan fingerprint density at radius 1 is 1.12 bits per heavy atom. The van der Waals surface area contributed by atoms with E-state index >= 15 is 0 Å². The Morgan fingerprint density at radius 3 is 2.60 bits per heavy atom. The Labute approximate surface area is 143 Å². The summed E-state index contributed by atoms with van der Waals surface area (Å²) in [6.45, 7) is 5.18. The fraction of sp³-hybridized carbons (Fsp3) is 0.167. The zero-order valence-electron chi connectivity index (χ0n) is 14.1. The van der Waals surface area contributed by atoms with E-state index in [0.717, 1.165) is 5.56 Å². The number of pyridine rings is 1. The fourth-order valence-electron chi connectivity index (χ4n) is 2.44. The van der Waals surface area contributed by atoms with Gasteiger partial charge in [0.1, 0.15) is 17.2 Å². The molecule has 2 N–H and O–H groups in total. The molecule has 0 atom stereocenters. The molecule has 0 bridgehead atoms. The molecular formula is C18H17FN4O2. The maximum Gasteiger partial charge on any atom is 0.323 e. The molecule has 0 aliphatic carbocycles. The fourth-order valence-corrected chi connectivity index (χ4v) is 2.44. The molecule has 2 amide bonds. The quantitative estimate of drug-likeness (QED) is 0.751. The number of anilines is 2. The van der Waals surface area contributed by atoms with E-state index in [-0.39, 0.29) is 11.2 Å². The SMILES string of the molecule is Cc1ccn2c(=O)c(NC(=O)Nc3ccc(C)c(F)c3)c(C)nc2c1. The number of carbonyl (C=O) groups is 1. The molecule has 7 heteroatoms. The number of hydrogen-bond donors (Lipinski definition) is 2. The molecule has 0 unspecified atom stereocenters. The van der Waals surface area contributed by atoms with Crippen LogP contribution < -0.4 is 16.2 Å². The van der Waals surface area contributed by atoms with Gasteiger partial charge in [-0.1, -0.05) is 6.07 Å². The molecule has 0 aliphatic heterocycles. The number of benzene rings is 1. The highest BCUT2D eigenvalue weighted by Crippen LogP contribution is 2.15. The third-order valence-corrected chi connectivity index (χ3v) is 3.84. The van der Waals surface area contributed by atoms with Gasteiger partial charge in [-0.3, -0.25) is 9.20 Å². The van der Waals surface area contributed by atoms with Gasteiger partial charge in [0, 0.05) is 11.9 Å². The molecule has 0 saturated carbocycles. The van der Waals surface area contributed by atoms with Gasteiger partial charge in [-0.15, -0.1) is 0 Å². The summed E-state index contributed by atoms with van der Waals surface area (Å²) in [7, 11) is 0. The number of aryl methyl sites for hydroxylation is 3. The predicted molar refractivity (Wildman–Crippen MR) is 94.7 cm³/mol. The molecule has 6 nitrogen and oxygen atoms in total. The van der Waals surface area contributed by atoms with Crippen LogP contribution in [0.4, 0.5) is 20.6 Å². The van der Waals surface area contributed by atoms with E-state index < -0.39 is 11.8 Å². The Morgan fingerprint density at radius 2 is 1.88 bits per heavy atom. The lowest BCUT2D eigenvalue weighted by Gasteiger charge is -2.11. The van der Waals surface area contributed by atoms with Crippen LogP contribution in [-0.2, 0) is 0 Å². The second-order valence-electron chi connectivity index (χ2n) is 5.85. The number of amides is 2. The van der Waals surface area contributed by atoms with Gasteiger partial charge in [-0.2, -0.15) is 0 Å². The van der Waals surface area contributed by atoms with Gasteiger partial charge < -0.3 is 10.6 Å². The van der Waals surface area contributed by atoms with E-state index in [9.17, 15) is 14.0 Å². The number of urea groups is 1. The first-order valence-corrected chi connectivity index (χ1v) is 7.69. The topological polar surface area (TPSA) is 75.5 Å². The highest BCUT2D eigenvalue weighted by atomic mass is 19.1. The first-order valence-electron chi connectivity index (χ1n) is 7.69. The molecule has 0 aliphatic rings. The molecule has 25 heavy (non-hydrogen) atoms. The van der Waals surface area contributed by atoms with Crippen LogP contribution in [0.5, 0.6) is 0 Å². The van der Waals surface area contributed by atoms with Gasteiger partial charge in [0.05, 0.1) is 5.69 Å². The van der Waals surface area contributed by atoms with Crippen LogP contribution in [0.15, 0.2) is 41.3 Å². The Hall–Kier alpha value is -3.22. The third kappa shape index (κ3) is 3.35. The monoisotopic (exact) mass is 340 g/mol. The standard InChI is InChI=1S/C18H17FN4O2/c1-10-6-7-23-15(8-10)20-12(3)16(17(23)24)22-18(25)21-13-5-4-11(2)14(19)9-13/h4-9H,1-3H3,(H2,21,22,25). The minimum absolute atomic E-state index is 0.0754. The minimum atomic E-state index is -0.641. The molecule has 3 aromatic rings. The number of fused-ring (bicyclic) bond motifs is 1. The maximum atomic E-state index is 13.6. The van der Waals surface area contributed by atoms with Crippen molar-refractivity contribution in [2.45, 2.75) is 20.8 Å². The normalized spacial score (nSPS) is 10.7. The molecule has 0 radical (unpaired) electrons. The number of carbonyl (C=O) groups excluding carboxylic acids is 1. The predicted octanol–water partition coefficient (Wildman–Crippen LogP) is 3.40. The lowest BCUT2D eigenvalue weighted by molar-refractivity contribution is 0.262. The van der Waals surface area contributed by atoms with Gasteiger partial charge in [-0.25, -0.2) is 14.2 Å². The average Bonchev–Trinajstić information content (AvgIpc) is 2.54. The Balaban J connectivity index is 1.89. The van der Waals surface area contributed by atoms with Crippen molar-refractivity contribution in [3.8, 4) is 0 Å². The molecular weight excluding hydrogens is 323 g/mol. The van der Waals surface area contributed by atoms with Crippen LogP contribution in [0.1, 0.15) is 16.8 Å². The minimum Gasteiger partial charge on any atom is -0.308 e. The smallest absolute Gasteiger partial charge is 0.308 e. The summed E-state index contributed by atoms with van der Waals surface area (Å²) >= 11 is 0. The second kappa shape index (κ2) is 6.35. The molecule has 3 rings (SSSR count). The largest absolute Gasteiger partial charge is 0.323 e. The zero-order valence-corrected chi connectivity index (χ0v) is 14.1. The van der Waals surface area contributed by atoms with Crippen molar-refractivity contribution < 1.29 is 9.18 Å². The molecule has 0 fully saturated rings. The summed E-state index contributed by atoms with van der Waals surface area (Å²) in [5.41, 5.74) is 2.36. The number of nitrogens with zero attached hydrogens (tertiary/aromatic N) is 2. The van der Waals surface area contributed by atoms with Gasteiger partial charge in [-0.05, 0) is 56.2 Å². The van der Waals surface area contributed by atoms with Crippen molar-refractivity contribution in [2.75, 3.05) is 10.6 Å². The van der Waals surface area contributed by atoms with Crippen molar-refractivity contribution in [3.05, 3.63) is 69.5 Å². The van der Waals surface area contributed by atoms with Crippen LogP contribution in [0.2, 0.25) is 0 Å². The molecule has 2 aromatic heterocycles. The Kier molecular flexibility index (Phi) is 4.22. The van der Waals surface area contributed by atoms with Crippen molar-refractivity contribution in [2.24, 2.45) is 0 Å². The summed E-state index contributed by atoms with van der Waals surface area (Å²) < 4.78 is 14.9. The van der Waals surface area contributed by atoms with Crippen LogP contribution in [0, 0.1) is 26.6 Å². The highest BCUT2D eigenvalue weighted by Gasteiger charge is 2.13. The molecule has 0 saturated heterocycles. The zero-order chi connectivity index (χ0) is 18.1. The second-order valence-corrected chi connectivity index (χ2v) is 5.85. The summed E-state index contributed by atoms with van der Waals surface area (Å²) in [5.74, 6) is -0.420. The van der Waals surface area contributed by atoms with Crippen LogP contribution >= 0.6 is 0 Å². The van der Waals surface area contributed by atoms with E-state index in [2.05, 4.69) is 15.6 Å². The first-order chi connectivity index (χ1) is 11.8. The van der Waals surface area contributed by atoms with Crippen LogP contribution in [0.3, 0.4) is 0 Å². The van der Waals surface area contributed by atoms with Crippen LogP contribution in [0.25, 0.3) is 5.65 Å². The van der Waals surface area contributed by atoms with Crippen molar-refractivity contribution in [3.63, 3.8) is 0 Å². The van der Waals surface area contributed by atoms with E-state index in [1.165, 1.54) is 10.5 Å². The number of hydrogen-bond acceptors (Lipinski definition) is 3. The molecule has 0 spiro atoms. The van der Waals surface area contributed by atoms with Gasteiger partial charge >= 0.3 is 6.03 Å². The van der Waals surface area contributed by atoms with E-state index in [1.54, 1.807) is 44.3 Å². The van der Waals surface area contributed by atoms with Crippen LogP contribution in [-0.4, -0.2) is 15.4 Å². The third-order valence-electron chi connectivity index (χ3n) is 3.84. The number of nitrogens with one attached hydrogen (secondary N) is 2. The summed E-state index contributed by atoms with van der Waals surface area (Å²) in [6.07, 6.45) is 1.61. The maximum absolute atomic E-state index is 13.6. The molecule has 2 heterocycles. The summed E-state index contributed by atoms with van der Waals surface area (Å²) in [6, 6.07) is 7.29. The van der Waals surface area contributed by atoms with Crippen molar-refractivity contribution in [1.82, 2.24) is 9.38 Å². The highest BCUT2D eigenvalue weighted by molar-refractivity contribution is 6.00. The van der Waals surface area contributed by atoms with Gasteiger partial charge in [0.25, 0.3) is 5.56 Å². The van der Waals surface area contributed by atoms with E-state index in [4.69, 9.17) is 0 Å². The van der Waals surface area contributed by atoms with Crippen molar-refractivity contribution >= 4 is 23.1 Å². The molecule has 1 aromatic carbocycles.